The number of aliphatic imine (C=N–C) groups is 1. The average Bonchev–Trinajstić information content (AvgIpc) is 3.06. The Labute approximate surface area is 163 Å². The molecule has 3 rings (SSSR count). The van der Waals surface area contributed by atoms with Gasteiger partial charge >= 0.3 is 0 Å². The number of fused-ring (bicyclic) bond motifs is 1. The summed E-state index contributed by atoms with van der Waals surface area (Å²) in [6, 6.07) is 3.93. The van der Waals surface area contributed by atoms with Gasteiger partial charge in [0.1, 0.15) is 11.8 Å². The van der Waals surface area contributed by atoms with Gasteiger partial charge in [-0.2, -0.15) is 0 Å². The van der Waals surface area contributed by atoms with Crippen LogP contribution in [-0.2, 0) is 9.63 Å². The summed E-state index contributed by atoms with van der Waals surface area (Å²) in [6.45, 7) is 1.79. The number of anilines is 1. The van der Waals surface area contributed by atoms with Gasteiger partial charge in [0.15, 0.2) is 5.96 Å². The number of rotatable bonds is 6. The molecule has 0 aliphatic carbocycles. The Hall–Kier alpha value is -2.82. The molecule has 0 fully saturated rings. The second-order valence-electron chi connectivity index (χ2n) is 5.47. The highest BCUT2D eigenvalue weighted by molar-refractivity contribution is 9.10. The van der Waals surface area contributed by atoms with Crippen molar-refractivity contribution < 1.29 is 14.7 Å². The molecular formula is C16H19BrN6O4. The molecule has 11 heteroatoms. The summed E-state index contributed by atoms with van der Waals surface area (Å²) in [4.78, 5) is 38.1. The van der Waals surface area contributed by atoms with Gasteiger partial charge in [-0.05, 0) is 34.5 Å². The molecule has 0 saturated carbocycles. The first kappa shape index (κ1) is 20.5. The Bertz CT molecular complexity index is 832. The first-order valence-corrected chi connectivity index (χ1v) is 8.95. The van der Waals surface area contributed by atoms with Crippen LogP contribution in [0.3, 0.4) is 0 Å². The van der Waals surface area contributed by atoms with Crippen molar-refractivity contribution in [1.82, 2.24) is 14.9 Å². The summed E-state index contributed by atoms with van der Waals surface area (Å²) < 4.78 is 0.913. The SMILES string of the molecule is CN1CCN=C1Nc1ccc2nccnc2c1Br.O=CCCCO[N+](=O)[O-]. The Morgan fingerprint density at radius 1 is 1.41 bits per heavy atom. The van der Waals surface area contributed by atoms with Crippen LogP contribution in [0.5, 0.6) is 0 Å². The van der Waals surface area contributed by atoms with Crippen molar-refractivity contribution in [3.05, 3.63) is 39.1 Å². The number of benzene rings is 1. The molecule has 0 atom stereocenters. The standard InChI is InChI=1S/C12H12BrN5.C4H7NO4/c1-18-7-6-16-12(18)17-8-2-3-9-11(10(8)13)15-5-4-14-9;6-3-1-2-4-9-5(7)8/h2-5H,6-7H2,1H3,(H,16,17);3H,1-2,4H2. The smallest absolute Gasteiger partial charge is 0.294 e. The van der Waals surface area contributed by atoms with Crippen molar-refractivity contribution in [3.63, 3.8) is 0 Å². The number of aromatic nitrogens is 2. The van der Waals surface area contributed by atoms with Crippen LogP contribution in [0.4, 0.5) is 5.69 Å². The molecule has 1 aromatic heterocycles. The largest absolute Gasteiger partial charge is 0.344 e. The first-order valence-electron chi connectivity index (χ1n) is 8.15. The number of carbonyl (C=O) groups excluding carboxylic acids is 1. The molecule has 1 aliphatic rings. The number of unbranched alkanes of at least 4 members (excludes halogenated alkanes) is 1. The normalized spacial score (nSPS) is 12.8. The molecular weight excluding hydrogens is 420 g/mol. The van der Waals surface area contributed by atoms with E-state index in [4.69, 9.17) is 0 Å². The van der Waals surface area contributed by atoms with Crippen LogP contribution in [0.1, 0.15) is 12.8 Å². The van der Waals surface area contributed by atoms with E-state index < -0.39 is 5.09 Å². The number of halogens is 1. The van der Waals surface area contributed by atoms with Gasteiger partial charge in [0.25, 0.3) is 5.09 Å². The molecule has 0 unspecified atom stereocenters. The summed E-state index contributed by atoms with van der Waals surface area (Å²) in [6.07, 6.45) is 4.80. The molecule has 0 spiro atoms. The van der Waals surface area contributed by atoms with Crippen LogP contribution in [0, 0.1) is 10.1 Å². The lowest BCUT2D eigenvalue weighted by atomic mass is 10.2. The van der Waals surface area contributed by atoms with Gasteiger partial charge in [0.2, 0.25) is 0 Å². The zero-order chi connectivity index (χ0) is 19.6. The number of hydrogen-bond donors (Lipinski definition) is 1. The van der Waals surface area contributed by atoms with Crippen molar-refractivity contribution in [2.75, 3.05) is 32.1 Å². The Balaban J connectivity index is 0.000000249. The molecule has 144 valence electrons. The topological polar surface area (TPSA) is 123 Å². The summed E-state index contributed by atoms with van der Waals surface area (Å²) >= 11 is 3.57. The fraction of sp³-hybridized carbons (Fsp3) is 0.375. The van der Waals surface area contributed by atoms with E-state index in [1.807, 2.05) is 19.2 Å². The first-order chi connectivity index (χ1) is 13.0. The van der Waals surface area contributed by atoms with Crippen LogP contribution in [0.15, 0.2) is 34.0 Å². The van der Waals surface area contributed by atoms with Crippen molar-refractivity contribution in [1.29, 1.82) is 0 Å². The maximum atomic E-state index is 9.62. The molecule has 1 N–H and O–H groups in total. The highest BCUT2D eigenvalue weighted by Gasteiger charge is 2.14. The van der Waals surface area contributed by atoms with Gasteiger partial charge in [-0.1, -0.05) is 0 Å². The Morgan fingerprint density at radius 3 is 2.85 bits per heavy atom. The minimum Gasteiger partial charge on any atom is -0.344 e. The molecule has 2 aromatic rings. The summed E-state index contributed by atoms with van der Waals surface area (Å²) in [7, 11) is 2.02. The van der Waals surface area contributed by atoms with Crippen LogP contribution in [0.25, 0.3) is 11.0 Å². The van der Waals surface area contributed by atoms with E-state index >= 15 is 0 Å². The van der Waals surface area contributed by atoms with E-state index in [1.54, 1.807) is 12.4 Å². The van der Waals surface area contributed by atoms with E-state index in [0.29, 0.717) is 19.1 Å². The van der Waals surface area contributed by atoms with Gasteiger partial charge in [0, 0.05) is 32.4 Å². The second-order valence-corrected chi connectivity index (χ2v) is 6.26. The van der Waals surface area contributed by atoms with E-state index in [0.717, 1.165) is 40.2 Å². The zero-order valence-electron chi connectivity index (χ0n) is 14.7. The Kier molecular flexibility index (Phi) is 7.86. The van der Waals surface area contributed by atoms with E-state index in [-0.39, 0.29) is 6.61 Å². The number of hydrogen-bond acceptors (Lipinski definition) is 9. The highest BCUT2D eigenvalue weighted by Crippen LogP contribution is 2.29. The van der Waals surface area contributed by atoms with Crippen molar-refractivity contribution in [2.45, 2.75) is 12.8 Å². The third-order valence-electron chi connectivity index (χ3n) is 3.55. The van der Waals surface area contributed by atoms with E-state index in [2.05, 4.69) is 45.9 Å². The average molecular weight is 439 g/mol. The number of likely N-dealkylation sites (N-methyl/N-ethyl adjacent to an activating group) is 1. The monoisotopic (exact) mass is 438 g/mol. The molecule has 0 saturated heterocycles. The molecule has 0 amide bonds. The number of aldehydes is 1. The lowest BCUT2D eigenvalue weighted by molar-refractivity contribution is -0.757. The third-order valence-corrected chi connectivity index (χ3v) is 4.35. The van der Waals surface area contributed by atoms with Crippen LogP contribution in [0.2, 0.25) is 0 Å². The predicted octanol–water partition coefficient (Wildman–Crippen LogP) is 2.28. The molecule has 0 bridgehead atoms. The minimum atomic E-state index is -0.870. The zero-order valence-corrected chi connectivity index (χ0v) is 16.3. The van der Waals surface area contributed by atoms with E-state index in [9.17, 15) is 14.9 Å². The van der Waals surface area contributed by atoms with Crippen LogP contribution >= 0.6 is 15.9 Å². The maximum absolute atomic E-state index is 9.62. The molecule has 0 radical (unpaired) electrons. The molecule has 27 heavy (non-hydrogen) atoms. The molecule has 1 aromatic carbocycles. The number of guanidine groups is 1. The lowest BCUT2D eigenvalue weighted by Crippen LogP contribution is -2.29. The fourth-order valence-corrected chi connectivity index (χ4v) is 2.73. The minimum absolute atomic E-state index is 0.00569. The van der Waals surface area contributed by atoms with Crippen molar-refractivity contribution in [3.8, 4) is 0 Å². The highest BCUT2D eigenvalue weighted by atomic mass is 79.9. The quantitative estimate of drug-likeness (QED) is 0.315. The van der Waals surface area contributed by atoms with Gasteiger partial charge in [-0.25, -0.2) is 0 Å². The number of nitrogens with zero attached hydrogens (tertiary/aromatic N) is 5. The van der Waals surface area contributed by atoms with Crippen LogP contribution < -0.4 is 5.32 Å². The summed E-state index contributed by atoms with van der Waals surface area (Å²) in [5, 5.41) is 11.9. The van der Waals surface area contributed by atoms with Gasteiger partial charge in [-0.3, -0.25) is 15.0 Å². The second kappa shape index (κ2) is 10.4. The molecule has 1 aliphatic heterocycles. The van der Waals surface area contributed by atoms with Gasteiger partial charge < -0.3 is 19.8 Å². The van der Waals surface area contributed by atoms with Crippen molar-refractivity contribution >= 4 is 44.9 Å². The number of carbonyl (C=O) groups is 1. The lowest BCUT2D eigenvalue weighted by Gasteiger charge is -2.16. The maximum Gasteiger partial charge on any atom is 0.294 e. The van der Waals surface area contributed by atoms with Crippen LogP contribution in [-0.4, -0.2) is 58.9 Å². The van der Waals surface area contributed by atoms with Gasteiger partial charge in [-0.15, -0.1) is 10.1 Å². The van der Waals surface area contributed by atoms with E-state index in [1.165, 1.54) is 0 Å². The number of nitrogens with one attached hydrogen (secondary N) is 1. The summed E-state index contributed by atoms with van der Waals surface area (Å²) in [5.41, 5.74) is 2.68. The Morgan fingerprint density at radius 2 is 2.19 bits per heavy atom. The molecule has 10 nitrogen and oxygen atoms in total. The summed E-state index contributed by atoms with van der Waals surface area (Å²) in [5.74, 6) is 0.888. The third kappa shape index (κ3) is 6.13. The van der Waals surface area contributed by atoms with Crippen molar-refractivity contribution in [2.24, 2.45) is 4.99 Å². The predicted molar refractivity (Wildman–Crippen MR) is 104 cm³/mol. The molecule has 2 heterocycles. The fourth-order valence-electron chi connectivity index (χ4n) is 2.19. The van der Waals surface area contributed by atoms with Gasteiger partial charge in [0.05, 0.1) is 28.8 Å².